The molecular weight excluding hydrogens is 306 g/mol. The largest absolute Gasteiger partial charge is 0.294 e. The van der Waals surface area contributed by atoms with Crippen LogP contribution in [0.1, 0.15) is 22.4 Å². The van der Waals surface area contributed by atoms with Gasteiger partial charge in [0.25, 0.3) is 5.56 Å². The first-order valence-electron chi connectivity index (χ1n) is 6.82. The second-order valence-corrected chi connectivity index (χ2v) is 6.68. The van der Waals surface area contributed by atoms with Gasteiger partial charge in [-0.1, -0.05) is 17.7 Å². The molecule has 4 nitrogen and oxygen atoms in total. The SMILES string of the molecule is O=c1c2c3c(sc2ncn1Cc1ccc(Cl)nc1)CCC3. The minimum Gasteiger partial charge on any atom is -0.294 e. The molecule has 0 saturated heterocycles. The maximum absolute atomic E-state index is 12.7. The van der Waals surface area contributed by atoms with E-state index < -0.39 is 0 Å². The van der Waals surface area contributed by atoms with Gasteiger partial charge in [0.1, 0.15) is 9.98 Å². The second-order valence-electron chi connectivity index (χ2n) is 5.20. The lowest BCUT2D eigenvalue weighted by Gasteiger charge is -2.05. The smallest absolute Gasteiger partial charge is 0.262 e. The Hall–Kier alpha value is -1.72. The molecule has 0 bridgehead atoms. The highest BCUT2D eigenvalue weighted by atomic mass is 35.5. The van der Waals surface area contributed by atoms with Crippen molar-refractivity contribution in [1.29, 1.82) is 0 Å². The molecular formula is C15H12ClN3OS. The fourth-order valence-corrected chi connectivity index (χ4v) is 4.16. The summed E-state index contributed by atoms with van der Waals surface area (Å²) in [5.41, 5.74) is 2.21. The van der Waals surface area contributed by atoms with Gasteiger partial charge >= 0.3 is 0 Å². The summed E-state index contributed by atoms with van der Waals surface area (Å²) < 4.78 is 1.65. The maximum Gasteiger partial charge on any atom is 0.262 e. The van der Waals surface area contributed by atoms with Crippen LogP contribution in [0.25, 0.3) is 10.2 Å². The summed E-state index contributed by atoms with van der Waals surface area (Å²) in [5, 5.41) is 1.27. The van der Waals surface area contributed by atoms with Crippen LogP contribution in [0.3, 0.4) is 0 Å². The summed E-state index contributed by atoms with van der Waals surface area (Å²) in [7, 11) is 0. The molecule has 0 amide bonds. The lowest BCUT2D eigenvalue weighted by Crippen LogP contribution is -2.21. The molecule has 0 spiro atoms. The molecule has 1 aliphatic carbocycles. The van der Waals surface area contributed by atoms with E-state index in [9.17, 15) is 4.79 Å². The third kappa shape index (κ3) is 2.17. The van der Waals surface area contributed by atoms with Crippen LogP contribution in [0.2, 0.25) is 5.15 Å². The van der Waals surface area contributed by atoms with E-state index in [-0.39, 0.29) is 5.56 Å². The van der Waals surface area contributed by atoms with Gasteiger partial charge in [-0.2, -0.15) is 0 Å². The molecule has 0 N–H and O–H groups in total. The van der Waals surface area contributed by atoms with Crippen LogP contribution < -0.4 is 5.56 Å². The zero-order valence-corrected chi connectivity index (χ0v) is 12.7. The first kappa shape index (κ1) is 13.0. The van der Waals surface area contributed by atoms with Gasteiger partial charge in [-0.05, 0) is 36.5 Å². The molecule has 6 heteroatoms. The Morgan fingerprint density at radius 2 is 2.19 bits per heavy atom. The summed E-state index contributed by atoms with van der Waals surface area (Å²) in [6.07, 6.45) is 6.55. The van der Waals surface area contributed by atoms with Crippen molar-refractivity contribution >= 4 is 33.2 Å². The lowest BCUT2D eigenvalue weighted by atomic mass is 10.2. The van der Waals surface area contributed by atoms with Crippen LogP contribution >= 0.6 is 22.9 Å². The van der Waals surface area contributed by atoms with Gasteiger partial charge in [-0.15, -0.1) is 11.3 Å². The Morgan fingerprint density at radius 3 is 3.00 bits per heavy atom. The summed E-state index contributed by atoms with van der Waals surface area (Å²) in [5.74, 6) is 0. The topological polar surface area (TPSA) is 47.8 Å². The van der Waals surface area contributed by atoms with Crippen molar-refractivity contribution in [3.8, 4) is 0 Å². The molecule has 0 saturated carbocycles. The van der Waals surface area contributed by atoms with Crippen LogP contribution in [0.5, 0.6) is 0 Å². The number of fused-ring (bicyclic) bond motifs is 3. The van der Waals surface area contributed by atoms with Crippen LogP contribution in [-0.2, 0) is 19.4 Å². The van der Waals surface area contributed by atoms with E-state index in [0.29, 0.717) is 11.7 Å². The number of hydrogen-bond donors (Lipinski definition) is 0. The minimum atomic E-state index is 0.0503. The Morgan fingerprint density at radius 1 is 1.29 bits per heavy atom. The van der Waals surface area contributed by atoms with Crippen LogP contribution in [0, 0.1) is 0 Å². The highest BCUT2D eigenvalue weighted by molar-refractivity contribution is 7.18. The number of hydrogen-bond acceptors (Lipinski definition) is 4. The van der Waals surface area contributed by atoms with Gasteiger partial charge in [-0.3, -0.25) is 9.36 Å². The fraction of sp³-hybridized carbons (Fsp3) is 0.267. The molecule has 0 aromatic carbocycles. The third-order valence-electron chi connectivity index (χ3n) is 3.83. The van der Waals surface area contributed by atoms with E-state index in [1.807, 2.05) is 6.07 Å². The molecule has 3 heterocycles. The predicted octanol–water partition coefficient (Wildman–Crippen LogP) is 3.04. The molecule has 3 aromatic heterocycles. The molecule has 0 aliphatic heterocycles. The van der Waals surface area contributed by atoms with E-state index >= 15 is 0 Å². The van der Waals surface area contributed by atoms with Gasteiger partial charge in [0.15, 0.2) is 0 Å². The minimum absolute atomic E-state index is 0.0503. The molecule has 4 rings (SSSR count). The van der Waals surface area contributed by atoms with Gasteiger partial charge in [-0.25, -0.2) is 9.97 Å². The monoisotopic (exact) mass is 317 g/mol. The standard InChI is InChI=1S/C15H12ClN3OS/c16-12-5-4-9(6-17-12)7-19-8-18-14-13(15(19)20)10-2-1-3-11(10)21-14/h4-6,8H,1-3,7H2. The van der Waals surface area contributed by atoms with E-state index in [1.54, 1.807) is 34.5 Å². The van der Waals surface area contributed by atoms with E-state index in [4.69, 9.17) is 11.6 Å². The summed E-state index contributed by atoms with van der Waals surface area (Å²) in [4.78, 5) is 23.4. The first-order valence-corrected chi connectivity index (χ1v) is 8.02. The van der Waals surface area contributed by atoms with Crippen LogP contribution in [-0.4, -0.2) is 14.5 Å². The average Bonchev–Trinajstić information content (AvgIpc) is 3.04. The summed E-state index contributed by atoms with van der Waals surface area (Å²) in [6.45, 7) is 0.469. The first-order chi connectivity index (χ1) is 10.2. The van der Waals surface area contributed by atoms with Crippen LogP contribution in [0.15, 0.2) is 29.5 Å². The van der Waals surface area contributed by atoms with Gasteiger partial charge in [0.2, 0.25) is 0 Å². The van der Waals surface area contributed by atoms with Crippen molar-refractivity contribution in [3.05, 3.63) is 56.2 Å². The highest BCUT2D eigenvalue weighted by Gasteiger charge is 2.21. The number of aryl methyl sites for hydroxylation is 2. The lowest BCUT2D eigenvalue weighted by molar-refractivity contribution is 0.745. The number of halogens is 1. The molecule has 0 unspecified atom stereocenters. The van der Waals surface area contributed by atoms with E-state index in [1.165, 1.54) is 10.4 Å². The second kappa shape index (κ2) is 4.93. The molecule has 0 fully saturated rings. The maximum atomic E-state index is 12.7. The number of thiophene rings is 1. The molecule has 3 aromatic rings. The van der Waals surface area contributed by atoms with Gasteiger partial charge < -0.3 is 0 Å². The Bertz CT molecular complexity index is 882. The quantitative estimate of drug-likeness (QED) is 0.683. The van der Waals surface area contributed by atoms with E-state index in [2.05, 4.69) is 9.97 Å². The number of pyridine rings is 1. The highest BCUT2D eigenvalue weighted by Crippen LogP contribution is 2.34. The van der Waals surface area contributed by atoms with Crippen molar-refractivity contribution in [1.82, 2.24) is 14.5 Å². The summed E-state index contributed by atoms with van der Waals surface area (Å²) in [6, 6.07) is 3.61. The number of aromatic nitrogens is 3. The fourth-order valence-electron chi connectivity index (χ4n) is 2.83. The van der Waals surface area contributed by atoms with Crippen molar-refractivity contribution < 1.29 is 0 Å². The Balaban J connectivity index is 1.81. The number of rotatable bonds is 2. The van der Waals surface area contributed by atoms with Crippen molar-refractivity contribution in [2.75, 3.05) is 0 Å². The summed E-state index contributed by atoms with van der Waals surface area (Å²) >= 11 is 7.45. The van der Waals surface area contributed by atoms with E-state index in [0.717, 1.165) is 35.0 Å². The van der Waals surface area contributed by atoms with Gasteiger partial charge in [0, 0.05) is 11.1 Å². The third-order valence-corrected chi connectivity index (χ3v) is 5.26. The Labute approximate surface area is 130 Å². The normalized spacial score (nSPS) is 13.8. The van der Waals surface area contributed by atoms with Gasteiger partial charge in [0.05, 0.1) is 18.3 Å². The predicted molar refractivity (Wildman–Crippen MR) is 84.3 cm³/mol. The van der Waals surface area contributed by atoms with Crippen molar-refractivity contribution in [2.45, 2.75) is 25.8 Å². The molecule has 0 atom stereocenters. The van der Waals surface area contributed by atoms with Crippen LogP contribution in [0.4, 0.5) is 0 Å². The Kier molecular flexibility index (Phi) is 3.05. The zero-order chi connectivity index (χ0) is 14.4. The molecule has 0 radical (unpaired) electrons. The molecule has 106 valence electrons. The molecule has 1 aliphatic rings. The van der Waals surface area contributed by atoms with Crippen molar-refractivity contribution in [3.63, 3.8) is 0 Å². The van der Waals surface area contributed by atoms with Crippen molar-refractivity contribution in [2.24, 2.45) is 0 Å². The zero-order valence-electron chi connectivity index (χ0n) is 11.2. The average molecular weight is 318 g/mol. The molecule has 21 heavy (non-hydrogen) atoms. The number of nitrogens with zero attached hydrogens (tertiary/aromatic N) is 3.